The van der Waals surface area contributed by atoms with Crippen LogP contribution in [-0.4, -0.2) is 33.6 Å². The van der Waals surface area contributed by atoms with E-state index in [1.54, 1.807) is 13.0 Å². The number of allylic oxidation sites excluding steroid dienone is 1. The lowest BCUT2D eigenvalue weighted by Gasteiger charge is -2.12. The van der Waals surface area contributed by atoms with E-state index < -0.39 is 17.5 Å². The van der Waals surface area contributed by atoms with Crippen molar-refractivity contribution in [3.05, 3.63) is 57.8 Å². The van der Waals surface area contributed by atoms with Crippen molar-refractivity contribution in [3.63, 3.8) is 0 Å². The minimum Gasteiger partial charge on any atom is -0.507 e. The van der Waals surface area contributed by atoms with E-state index in [-0.39, 0.29) is 23.1 Å². The number of hydrogen-bond donors (Lipinski definition) is 2. The number of aromatic hydroxyl groups is 1. The number of aryl methyl sites for hydroxylation is 3. The Hall–Kier alpha value is -3.36. The third kappa shape index (κ3) is 9.42. The molecule has 0 spiro atoms. The van der Waals surface area contributed by atoms with Crippen molar-refractivity contribution in [1.29, 1.82) is 0 Å². The van der Waals surface area contributed by atoms with Gasteiger partial charge < -0.3 is 18.8 Å². The second-order valence-electron chi connectivity index (χ2n) is 8.53. The molecule has 9 heteroatoms. The number of hydrogen-bond acceptors (Lipinski definition) is 7. The Morgan fingerprint density at radius 2 is 2.00 bits per heavy atom. The van der Waals surface area contributed by atoms with Gasteiger partial charge in [-0.15, -0.1) is 0 Å². The molecule has 2 aromatic rings. The maximum Gasteiger partial charge on any atom is 0.410 e. The van der Waals surface area contributed by atoms with Crippen LogP contribution in [0.25, 0.3) is 0 Å². The predicted molar refractivity (Wildman–Crippen MR) is 135 cm³/mol. The lowest BCUT2D eigenvalue weighted by Crippen LogP contribution is -2.20. The van der Waals surface area contributed by atoms with Crippen LogP contribution in [0.4, 0.5) is 4.79 Å². The Labute approximate surface area is 207 Å². The second-order valence-corrected chi connectivity index (χ2v) is 8.53. The van der Waals surface area contributed by atoms with Crippen LogP contribution < -0.4 is 10.9 Å². The number of Topliss-reactive ketones (excluding diaryl/α,β-unsaturated/α-hetero) is 1. The van der Waals surface area contributed by atoms with Crippen molar-refractivity contribution < 1.29 is 23.8 Å². The average molecular weight is 490 g/mol. The number of amides is 1. The molecule has 2 aromatic heterocycles. The highest BCUT2D eigenvalue weighted by Gasteiger charge is 2.24. The summed E-state index contributed by atoms with van der Waals surface area (Å²) in [4.78, 5) is 39.5. The molecule has 2 atom stereocenters. The van der Waals surface area contributed by atoms with Crippen molar-refractivity contribution in [1.82, 2.24) is 14.9 Å². The van der Waals surface area contributed by atoms with Gasteiger partial charge in [-0.1, -0.05) is 40.2 Å². The first-order valence-electron chi connectivity index (χ1n) is 11.9. The highest BCUT2D eigenvalue weighted by atomic mass is 16.5. The zero-order chi connectivity index (χ0) is 26.5. The molecule has 2 N–H and O–H groups in total. The van der Waals surface area contributed by atoms with Gasteiger partial charge in [-0.2, -0.15) is 0 Å². The Kier molecular flexibility index (Phi) is 12.6. The van der Waals surface area contributed by atoms with Crippen LogP contribution in [0, 0.1) is 12.8 Å². The SMILES string of the molecule is CCC(C)C(=O)c1c(O)cc(C(C)CC/C=C/NC(=O)OC)oc1=O.CCCc1cn(C)c(C)n1. The van der Waals surface area contributed by atoms with Crippen molar-refractivity contribution in [3.8, 4) is 5.75 Å². The molecule has 2 rings (SSSR count). The number of methoxy groups -OCH3 is 1. The smallest absolute Gasteiger partial charge is 0.410 e. The van der Waals surface area contributed by atoms with E-state index in [1.165, 1.54) is 31.5 Å². The van der Waals surface area contributed by atoms with Crippen molar-refractivity contribution >= 4 is 11.9 Å². The maximum absolute atomic E-state index is 12.1. The first-order valence-corrected chi connectivity index (χ1v) is 11.9. The molecule has 0 bridgehead atoms. The number of rotatable bonds is 10. The first kappa shape index (κ1) is 29.7. The molecule has 2 heterocycles. The fraction of sp³-hybridized carbons (Fsp3) is 0.538. The van der Waals surface area contributed by atoms with Crippen LogP contribution in [0.1, 0.15) is 86.9 Å². The fourth-order valence-electron chi connectivity index (χ4n) is 3.17. The molecule has 0 aliphatic carbocycles. The number of alkyl carbamates (subject to hydrolysis) is 1. The third-order valence-corrected chi connectivity index (χ3v) is 5.68. The summed E-state index contributed by atoms with van der Waals surface area (Å²) < 4.78 is 11.7. The minimum absolute atomic E-state index is 0.144. The number of nitrogens with one attached hydrogen (secondary N) is 1. The average Bonchev–Trinajstić information content (AvgIpc) is 3.14. The maximum atomic E-state index is 12.1. The van der Waals surface area contributed by atoms with Crippen LogP contribution in [0.5, 0.6) is 5.75 Å². The summed E-state index contributed by atoms with van der Waals surface area (Å²) >= 11 is 0. The van der Waals surface area contributed by atoms with E-state index in [4.69, 9.17) is 4.42 Å². The van der Waals surface area contributed by atoms with Crippen LogP contribution in [0.2, 0.25) is 0 Å². The van der Waals surface area contributed by atoms with E-state index in [0.29, 0.717) is 25.0 Å². The summed E-state index contributed by atoms with van der Waals surface area (Å²) in [7, 11) is 3.30. The van der Waals surface area contributed by atoms with Crippen LogP contribution in [-0.2, 0) is 18.2 Å². The molecular formula is C26H39N3O6. The van der Waals surface area contributed by atoms with Gasteiger partial charge in [-0.05, 0) is 32.6 Å². The fourth-order valence-corrected chi connectivity index (χ4v) is 3.17. The molecule has 0 aliphatic heterocycles. The van der Waals surface area contributed by atoms with Gasteiger partial charge in [0.05, 0.1) is 12.8 Å². The van der Waals surface area contributed by atoms with Gasteiger partial charge in [0.2, 0.25) is 0 Å². The zero-order valence-electron chi connectivity index (χ0n) is 21.9. The molecule has 0 aromatic carbocycles. The first-order chi connectivity index (χ1) is 16.5. The molecule has 35 heavy (non-hydrogen) atoms. The molecule has 0 saturated heterocycles. The van der Waals surface area contributed by atoms with E-state index in [0.717, 1.165) is 12.2 Å². The minimum atomic E-state index is -0.810. The normalized spacial score (nSPS) is 12.5. The van der Waals surface area contributed by atoms with Gasteiger partial charge in [0.1, 0.15) is 22.9 Å². The standard InChI is InChI=1S/C18H25NO6.C8H14N2/c1-5-11(2)16(21)15-13(20)10-14(25-17(15)22)12(3)8-6-7-9-19-18(23)24-4;1-4-5-8-6-10(3)7(2)9-8/h7,9-12,20H,5-6,8H2,1-4H3,(H,19,23);6H,4-5H2,1-3H3/b9-7+;. The number of ketones is 1. The summed E-state index contributed by atoms with van der Waals surface area (Å²) in [6, 6.07) is 1.33. The molecule has 0 saturated carbocycles. The van der Waals surface area contributed by atoms with Gasteiger partial charge >= 0.3 is 11.7 Å². The Balaban J connectivity index is 0.000000507. The van der Waals surface area contributed by atoms with E-state index in [2.05, 4.69) is 32.7 Å². The number of aromatic nitrogens is 2. The lowest BCUT2D eigenvalue weighted by atomic mass is 9.96. The van der Waals surface area contributed by atoms with Gasteiger partial charge in [-0.25, -0.2) is 14.6 Å². The summed E-state index contributed by atoms with van der Waals surface area (Å²) in [5.74, 6) is 0.163. The Morgan fingerprint density at radius 3 is 2.51 bits per heavy atom. The number of carbonyl (C=O) groups excluding carboxylic acids is 2. The van der Waals surface area contributed by atoms with Crippen LogP contribution >= 0.6 is 0 Å². The molecular weight excluding hydrogens is 450 g/mol. The summed E-state index contributed by atoms with van der Waals surface area (Å²) in [5, 5.41) is 12.5. The van der Waals surface area contributed by atoms with Crippen molar-refractivity contribution in [2.24, 2.45) is 13.0 Å². The highest BCUT2D eigenvalue weighted by molar-refractivity contribution is 5.99. The molecule has 0 radical (unpaired) electrons. The number of nitrogens with zero attached hydrogens (tertiary/aromatic N) is 2. The van der Waals surface area contributed by atoms with E-state index in [9.17, 15) is 19.5 Å². The van der Waals surface area contributed by atoms with E-state index in [1.807, 2.05) is 27.8 Å². The molecule has 1 amide bonds. The van der Waals surface area contributed by atoms with Crippen molar-refractivity contribution in [2.45, 2.75) is 72.6 Å². The third-order valence-electron chi connectivity index (χ3n) is 5.68. The van der Waals surface area contributed by atoms with E-state index >= 15 is 0 Å². The predicted octanol–water partition coefficient (Wildman–Crippen LogP) is 5.01. The molecule has 0 fully saturated rings. The topological polar surface area (TPSA) is 124 Å². The largest absolute Gasteiger partial charge is 0.507 e. The Bertz CT molecular complexity index is 1030. The summed E-state index contributed by atoms with van der Waals surface area (Å²) in [6.45, 7) is 9.57. The lowest BCUT2D eigenvalue weighted by molar-refractivity contribution is 0.0919. The zero-order valence-corrected chi connectivity index (χ0v) is 21.9. The van der Waals surface area contributed by atoms with Gasteiger partial charge in [0.25, 0.3) is 0 Å². The molecule has 0 aliphatic rings. The van der Waals surface area contributed by atoms with Crippen molar-refractivity contribution in [2.75, 3.05) is 7.11 Å². The summed E-state index contributed by atoms with van der Waals surface area (Å²) in [6.07, 6.45) is 8.84. The Morgan fingerprint density at radius 1 is 1.31 bits per heavy atom. The number of ether oxygens (including phenoxy) is 1. The molecule has 194 valence electrons. The van der Waals surface area contributed by atoms with Gasteiger partial charge in [0, 0.05) is 37.3 Å². The van der Waals surface area contributed by atoms with Crippen LogP contribution in [0.15, 0.2) is 33.8 Å². The second kappa shape index (κ2) is 14.8. The van der Waals surface area contributed by atoms with Gasteiger partial charge in [0.15, 0.2) is 5.78 Å². The van der Waals surface area contributed by atoms with Crippen LogP contribution in [0.3, 0.4) is 0 Å². The molecule has 9 nitrogen and oxygen atoms in total. The number of carbonyl (C=O) groups is 2. The summed E-state index contributed by atoms with van der Waals surface area (Å²) in [5.41, 5.74) is 0.116. The quantitative estimate of drug-likeness (QED) is 0.450. The highest BCUT2D eigenvalue weighted by Crippen LogP contribution is 2.26. The molecule has 2 unspecified atom stereocenters. The number of imidazole rings is 1. The van der Waals surface area contributed by atoms with Gasteiger partial charge in [-0.3, -0.25) is 10.1 Å². The monoisotopic (exact) mass is 489 g/mol.